The van der Waals surface area contributed by atoms with Crippen LogP contribution >= 0.6 is 31.9 Å². The van der Waals surface area contributed by atoms with Crippen molar-refractivity contribution >= 4 is 37.5 Å². The molecular weight excluding hydrogens is 409 g/mol. The fourth-order valence-corrected chi connectivity index (χ4v) is 2.45. The Labute approximate surface area is 137 Å². The number of hydrogen-bond donors (Lipinski definition) is 0. The lowest BCUT2D eigenvalue weighted by atomic mass is 10.2. The summed E-state index contributed by atoms with van der Waals surface area (Å²) >= 11 is 6.38. The van der Waals surface area contributed by atoms with Gasteiger partial charge < -0.3 is 4.74 Å². The number of hydrogen-bond acceptors (Lipinski definition) is 3. The van der Waals surface area contributed by atoms with Gasteiger partial charge in [0.15, 0.2) is 5.75 Å². The van der Waals surface area contributed by atoms with Crippen molar-refractivity contribution in [2.75, 3.05) is 0 Å². The number of halogens is 3. The second-order valence-corrected chi connectivity index (χ2v) is 5.55. The minimum Gasteiger partial charge on any atom is -0.482 e. The molecule has 0 fully saturated rings. The molecule has 2 aromatic rings. The number of nitro groups is 1. The van der Waals surface area contributed by atoms with E-state index in [1.165, 1.54) is 12.1 Å². The number of benzene rings is 2. The van der Waals surface area contributed by atoms with Crippen molar-refractivity contribution in [2.45, 2.75) is 11.9 Å². The van der Waals surface area contributed by atoms with E-state index in [0.29, 0.717) is 15.4 Å². The zero-order valence-corrected chi connectivity index (χ0v) is 13.9. The molecule has 0 aromatic heterocycles. The van der Waals surface area contributed by atoms with Gasteiger partial charge in [0.1, 0.15) is 12.4 Å². The molecule has 4 nitrogen and oxygen atoms in total. The van der Waals surface area contributed by atoms with Crippen LogP contribution < -0.4 is 4.74 Å². The smallest absolute Gasteiger partial charge is 0.311 e. The van der Waals surface area contributed by atoms with Gasteiger partial charge in [0.2, 0.25) is 0 Å². The summed E-state index contributed by atoms with van der Waals surface area (Å²) in [6, 6.07) is 9.29. The summed E-state index contributed by atoms with van der Waals surface area (Å²) in [6.07, 6.45) is 0. The standard InChI is InChI=1S/C14H10Br2FNO3/c15-7-9-4-5-13(12(6-9)18(19)20)21-8-10-2-1-3-11(17)14(10)16/h1-6H,7-8H2. The summed E-state index contributed by atoms with van der Waals surface area (Å²) in [4.78, 5) is 10.6. The summed E-state index contributed by atoms with van der Waals surface area (Å²) in [7, 11) is 0. The third-order valence-electron chi connectivity index (χ3n) is 2.79. The molecule has 7 heteroatoms. The SMILES string of the molecule is O=[N+]([O-])c1cc(CBr)ccc1OCc1cccc(F)c1Br. The van der Waals surface area contributed by atoms with Gasteiger partial charge in [-0.1, -0.05) is 34.1 Å². The van der Waals surface area contributed by atoms with Crippen molar-refractivity contribution in [1.82, 2.24) is 0 Å². The minimum atomic E-state index is -0.498. The second kappa shape index (κ2) is 7.00. The fraction of sp³-hybridized carbons (Fsp3) is 0.143. The zero-order valence-electron chi connectivity index (χ0n) is 10.7. The Balaban J connectivity index is 2.23. The summed E-state index contributed by atoms with van der Waals surface area (Å²) in [5.41, 5.74) is 1.24. The normalized spacial score (nSPS) is 10.4. The molecule has 0 aliphatic heterocycles. The average Bonchev–Trinajstić information content (AvgIpc) is 2.48. The first-order chi connectivity index (χ1) is 10.0. The van der Waals surface area contributed by atoms with Crippen LogP contribution in [0.4, 0.5) is 10.1 Å². The van der Waals surface area contributed by atoms with E-state index in [1.807, 2.05) is 0 Å². The van der Waals surface area contributed by atoms with Gasteiger partial charge in [0.05, 0.1) is 9.40 Å². The van der Waals surface area contributed by atoms with Crippen LogP contribution in [0.1, 0.15) is 11.1 Å². The van der Waals surface area contributed by atoms with E-state index in [0.717, 1.165) is 5.56 Å². The van der Waals surface area contributed by atoms with E-state index < -0.39 is 10.7 Å². The molecule has 0 spiro atoms. The monoisotopic (exact) mass is 417 g/mol. The second-order valence-electron chi connectivity index (χ2n) is 4.19. The summed E-state index contributed by atoms with van der Waals surface area (Å²) in [6.45, 7) is 0.0346. The highest BCUT2D eigenvalue weighted by Crippen LogP contribution is 2.30. The first kappa shape index (κ1) is 15.9. The highest BCUT2D eigenvalue weighted by molar-refractivity contribution is 9.10. The molecule has 0 radical (unpaired) electrons. The zero-order chi connectivity index (χ0) is 15.4. The molecule has 0 aliphatic rings. The largest absolute Gasteiger partial charge is 0.482 e. The Hall–Kier alpha value is -1.47. The molecule has 2 rings (SSSR count). The van der Waals surface area contributed by atoms with Crippen molar-refractivity contribution in [1.29, 1.82) is 0 Å². The molecule has 0 N–H and O–H groups in total. The molecular formula is C14H10Br2FNO3. The Morgan fingerprint density at radius 3 is 2.71 bits per heavy atom. The number of nitrogens with zero attached hydrogens (tertiary/aromatic N) is 1. The lowest BCUT2D eigenvalue weighted by Gasteiger charge is -2.09. The molecule has 0 saturated carbocycles. The van der Waals surface area contributed by atoms with E-state index in [-0.39, 0.29) is 18.0 Å². The van der Waals surface area contributed by atoms with Crippen LogP contribution in [0.15, 0.2) is 40.9 Å². The van der Waals surface area contributed by atoms with Gasteiger partial charge in [-0.2, -0.15) is 0 Å². The Morgan fingerprint density at radius 2 is 2.05 bits per heavy atom. The Kier molecular flexibility index (Phi) is 5.30. The molecule has 21 heavy (non-hydrogen) atoms. The first-order valence-electron chi connectivity index (χ1n) is 5.92. The Bertz CT molecular complexity index is 679. The maximum absolute atomic E-state index is 13.4. The van der Waals surface area contributed by atoms with E-state index in [1.54, 1.807) is 24.3 Å². The maximum atomic E-state index is 13.4. The number of alkyl halides is 1. The molecule has 0 saturated heterocycles. The van der Waals surface area contributed by atoms with Crippen LogP contribution in [-0.2, 0) is 11.9 Å². The van der Waals surface area contributed by atoms with E-state index >= 15 is 0 Å². The number of rotatable bonds is 5. The average molecular weight is 419 g/mol. The van der Waals surface area contributed by atoms with Crippen molar-refractivity contribution in [3.05, 3.63) is 67.9 Å². The van der Waals surface area contributed by atoms with Crippen LogP contribution in [0, 0.1) is 15.9 Å². The van der Waals surface area contributed by atoms with Crippen molar-refractivity contribution in [2.24, 2.45) is 0 Å². The van der Waals surface area contributed by atoms with E-state index in [2.05, 4.69) is 31.9 Å². The molecule has 0 unspecified atom stereocenters. The van der Waals surface area contributed by atoms with Gasteiger partial charge in [-0.25, -0.2) is 4.39 Å². The molecule has 0 bridgehead atoms. The molecule has 0 atom stereocenters. The van der Waals surface area contributed by atoms with Crippen LogP contribution in [-0.4, -0.2) is 4.92 Å². The predicted octanol–water partition coefficient (Wildman–Crippen LogP) is 4.97. The Morgan fingerprint density at radius 1 is 1.29 bits per heavy atom. The number of nitro benzene ring substituents is 1. The molecule has 110 valence electrons. The third-order valence-corrected chi connectivity index (χ3v) is 4.32. The summed E-state index contributed by atoms with van der Waals surface area (Å²) in [5, 5.41) is 11.6. The molecule has 0 aliphatic carbocycles. The molecule has 0 amide bonds. The van der Waals surface area contributed by atoms with Gasteiger partial charge in [-0.3, -0.25) is 10.1 Å². The topological polar surface area (TPSA) is 52.4 Å². The highest BCUT2D eigenvalue weighted by atomic mass is 79.9. The highest BCUT2D eigenvalue weighted by Gasteiger charge is 2.16. The first-order valence-corrected chi connectivity index (χ1v) is 7.83. The fourth-order valence-electron chi connectivity index (χ4n) is 1.73. The van der Waals surface area contributed by atoms with Crippen LogP contribution in [0.5, 0.6) is 5.75 Å². The summed E-state index contributed by atoms with van der Waals surface area (Å²) in [5.74, 6) is -0.249. The van der Waals surface area contributed by atoms with Crippen LogP contribution in [0.3, 0.4) is 0 Å². The quantitative estimate of drug-likeness (QED) is 0.391. The van der Waals surface area contributed by atoms with Crippen molar-refractivity contribution in [3.63, 3.8) is 0 Å². The lowest BCUT2D eigenvalue weighted by molar-refractivity contribution is -0.386. The molecule has 2 aromatic carbocycles. The van der Waals surface area contributed by atoms with Crippen molar-refractivity contribution < 1.29 is 14.1 Å². The van der Waals surface area contributed by atoms with Gasteiger partial charge in [-0.15, -0.1) is 0 Å². The third kappa shape index (κ3) is 3.79. The van der Waals surface area contributed by atoms with Gasteiger partial charge in [0.25, 0.3) is 0 Å². The van der Waals surface area contributed by atoms with Crippen molar-refractivity contribution in [3.8, 4) is 5.75 Å². The van der Waals surface area contributed by atoms with Gasteiger partial charge in [0, 0.05) is 17.0 Å². The number of ether oxygens (including phenoxy) is 1. The van der Waals surface area contributed by atoms with Crippen LogP contribution in [0.25, 0.3) is 0 Å². The van der Waals surface area contributed by atoms with E-state index in [4.69, 9.17) is 4.74 Å². The molecule has 0 heterocycles. The predicted molar refractivity (Wildman–Crippen MR) is 84.2 cm³/mol. The van der Waals surface area contributed by atoms with E-state index in [9.17, 15) is 14.5 Å². The lowest BCUT2D eigenvalue weighted by Crippen LogP contribution is -2.01. The van der Waals surface area contributed by atoms with Crippen LogP contribution in [0.2, 0.25) is 0 Å². The minimum absolute atomic E-state index is 0.0346. The maximum Gasteiger partial charge on any atom is 0.311 e. The van der Waals surface area contributed by atoms with Gasteiger partial charge >= 0.3 is 5.69 Å². The van der Waals surface area contributed by atoms with Gasteiger partial charge in [-0.05, 0) is 33.6 Å². The summed E-state index contributed by atoms with van der Waals surface area (Å²) < 4.78 is 19.2.